The Labute approximate surface area is 147 Å². The molecule has 0 atom stereocenters. The first-order valence-electron chi connectivity index (χ1n) is 8.71. The number of nitrogens with zero attached hydrogens (tertiary/aromatic N) is 4. The fourth-order valence-corrected chi connectivity index (χ4v) is 3.16. The summed E-state index contributed by atoms with van der Waals surface area (Å²) in [5, 5.41) is 11.3. The first-order chi connectivity index (χ1) is 12.4. The van der Waals surface area contributed by atoms with E-state index in [1.807, 2.05) is 16.9 Å². The van der Waals surface area contributed by atoms with Crippen LogP contribution in [0.3, 0.4) is 0 Å². The minimum Gasteiger partial charge on any atom is -0.366 e. The van der Waals surface area contributed by atoms with Gasteiger partial charge < -0.3 is 10.6 Å². The molecule has 3 aromatic rings. The lowest BCUT2D eigenvalue weighted by Gasteiger charge is -2.11. The van der Waals surface area contributed by atoms with Crippen molar-refractivity contribution in [3.8, 4) is 0 Å². The van der Waals surface area contributed by atoms with E-state index in [4.69, 9.17) is 0 Å². The molecule has 0 saturated carbocycles. The highest BCUT2D eigenvalue weighted by molar-refractivity contribution is 5.47. The molecule has 0 spiro atoms. The van der Waals surface area contributed by atoms with E-state index in [0.29, 0.717) is 6.54 Å². The van der Waals surface area contributed by atoms with E-state index in [1.54, 1.807) is 6.33 Å². The summed E-state index contributed by atoms with van der Waals surface area (Å²) >= 11 is 0. The van der Waals surface area contributed by atoms with Gasteiger partial charge in [-0.3, -0.25) is 4.68 Å². The molecule has 1 aliphatic heterocycles. The second-order valence-corrected chi connectivity index (χ2v) is 6.28. The fourth-order valence-electron chi connectivity index (χ4n) is 3.16. The number of nitrogens with one attached hydrogen (secondary N) is 2. The van der Waals surface area contributed by atoms with Crippen LogP contribution in [0.1, 0.15) is 22.4 Å². The van der Waals surface area contributed by atoms with Crippen LogP contribution in [0, 0.1) is 0 Å². The van der Waals surface area contributed by atoms with Gasteiger partial charge in [-0.1, -0.05) is 30.3 Å². The molecule has 1 aliphatic rings. The van der Waals surface area contributed by atoms with Crippen LogP contribution in [0.25, 0.3) is 0 Å². The molecule has 4 rings (SSSR count). The third-order valence-corrected chi connectivity index (χ3v) is 4.46. The van der Waals surface area contributed by atoms with Crippen molar-refractivity contribution in [2.45, 2.75) is 25.9 Å². The third-order valence-electron chi connectivity index (χ3n) is 4.46. The van der Waals surface area contributed by atoms with E-state index >= 15 is 0 Å². The number of aromatic nitrogens is 4. The van der Waals surface area contributed by atoms with Crippen LogP contribution in [-0.4, -0.2) is 32.8 Å². The SMILES string of the molecule is c1ccc(Cn2cc(CNc3ncnc4c3CCNCC4)cn2)cc1. The van der Waals surface area contributed by atoms with Crippen LogP contribution in [0.15, 0.2) is 49.1 Å². The second kappa shape index (κ2) is 7.44. The van der Waals surface area contributed by atoms with Gasteiger partial charge in [-0.05, 0) is 18.5 Å². The molecular weight excluding hydrogens is 312 g/mol. The van der Waals surface area contributed by atoms with E-state index in [9.17, 15) is 0 Å². The zero-order valence-corrected chi connectivity index (χ0v) is 14.2. The Morgan fingerprint density at radius 1 is 1.04 bits per heavy atom. The first kappa shape index (κ1) is 15.8. The summed E-state index contributed by atoms with van der Waals surface area (Å²) in [4.78, 5) is 8.88. The molecule has 0 amide bonds. The van der Waals surface area contributed by atoms with Gasteiger partial charge in [0, 0.05) is 36.8 Å². The molecule has 0 saturated heterocycles. The Morgan fingerprint density at radius 2 is 1.92 bits per heavy atom. The summed E-state index contributed by atoms with van der Waals surface area (Å²) in [5.41, 5.74) is 4.79. The monoisotopic (exact) mass is 334 g/mol. The Kier molecular flexibility index (Phi) is 4.70. The molecule has 2 aromatic heterocycles. The molecule has 0 radical (unpaired) electrons. The van der Waals surface area contributed by atoms with Gasteiger partial charge >= 0.3 is 0 Å². The normalized spacial score (nSPS) is 13.9. The Bertz CT molecular complexity index is 827. The van der Waals surface area contributed by atoms with Crippen LogP contribution in [0.5, 0.6) is 0 Å². The minimum atomic E-state index is 0.714. The maximum Gasteiger partial charge on any atom is 0.133 e. The van der Waals surface area contributed by atoms with Gasteiger partial charge in [0.25, 0.3) is 0 Å². The van der Waals surface area contributed by atoms with Crippen molar-refractivity contribution in [3.63, 3.8) is 0 Å². The lowest BCUT2D eigenvalue weighted by molar-refractivity contribution is 0.686. The van der Waals surface area contributed by atoms with Gasteiger partial charge in [0.1, 0.15) is 12.1 Å². The summed E-state index contributed by atoms with van der Waals surface area (Å²) in [6, 6.07) is 10.4. The molecule has 0 bridgehead atoms. The Balaban J connectivity index is 1.42. The minimum absolute atomic E-state index is 0.714. The largest absolute Gasteiger partial charge is 0.366 e. The number of hydrogen-bond donors (Lipinski definition) is 2. The quantitative estimate of drug-likeness (QED) is 0.747. The predicted molar refractivity (Wildman–Crippen MR) is 97.4 cm³/mol. The van der Waals surface area contributed by atoms with E-state index < -0.39 is 0 Å². The van der Waals surface area contributed by atoms with Crippen molar-refractivity contribution in [1.82, 2.24) is 25.1 Å². The highest BCUT2D eigenvalue weighted by Gasteiger charge is 2.14. The molecule has 2 N–H and O–H groups in total. The van der Waals surface area contributed by atoms with Gasteiger partial charge in [-0.2, -0.15) is 5.10 Å². The van der Waals surface area contributed by atoms with Crippen molar-refractivity contribution < 1.29 is 0 Å². The summed E-state index contributed by atoms with van der Waals surface area (Å²) in [6.45, 7) is 3.46. The molecule has 128 valence electrons. The van der Waals surface area contributed by atoms with Gasteiger partial charge in [-0.15, -0.1) is 0 Å². The van der Waals surface area contributed by atoms with Gasteiger partial charge in [0.2, 0.25) is 0 Å². The smallest absolute Gasteiger partial charge is 0.133 e. The Morgan fingerprint density at radius 3 is 2.84 bits per heavy atom. The van der Waals surface area contributed by atoms with E-state index in [2.05, 4.69) is 56.2 Å². The molecule has 0 fully saturated rings. The lowest BCUT2D eigenvalue weighted by atomic mass is 10.1. The predicted octanol–water partition coefficient (Wildman–Crippen LogP) is 2.02. The van der Waals surface area contributed by atoms with Gasteiger partial charge in [0.15, 0.2) is 0 Å². The fraction of sp³-hybridized carbons (Fsp3) is 0.316. The van der Waals surface area contributed by atoms with Crippen molar-refractivity contribution in [3.05, 3.63) is 71.4 Å². The molecule has 0 unspecified atom stereocenters. The third kappa shape index (κ3) is 3.85. The molecule has 0 aliphatic carbocycles. The molecule has 3 heterocycles. The number of rotatable bonds is 5. The molecule has 1 aromatic carbocycles. The van der Waals surface area contributed by atoms with Gasteiger partial charge in [0.05, 0.1) is 18.4 Å². The number of benzene rings is 1. The number of hydrogen-bond acceptors (Lipinski definition) is 5. The molecule has 6 nitrogen and oxygen atoms in total. The zero-order valence-electron chi connectivity index (χ0n) is 14.2. The maximum atomic E-state index is 4.46. The average Bonchev–Trinajstić information content (AvgIpc) is 2.94. The van der Waals surface area contributed by atoms with Crippen LogP contribution in [0.4, 0.5) is 5.82 Å². The number of fused-ring (bicyclic) bond motifs is 1. The van der Waals surface area contributed by atoms with Crippen LogP contribution >= 0.6 is 0 Å². The molecule has 25 heavy (non-hydrogen) atoms. The summed E-state index contributed by atoms with van der Waals surface area (Å²) in [6.07, 6.45) is 7.58. The van der Waals surface area contributed by atoms with Crippen molar-refractivity contribution in [1.29, 1.82) is 0 Å². The van der Waals surface area contributed by atoms with Gasteiger partial charge in [-0.25, -0.2) is 9.97 Å². The highest BCUT2D eigenvalue weighted by Crippen LogP contribution is 2.18. The first-order valence-corrected chi connectivity index (χ1v) is 8.71. The zero-order chi connectivity index (χ0) is 16.9. The van der Waals surface area contributed by atoms with E-state index in [1.165, 1.54) is 11.1 Å². The van der Waals surface area contributed by atoms with E-state index in [-0.39, 0.29) is 0 Å². The number of anilines is 1. The highest BCUT2D eigenvalue weighted by atomic mass is 15.3. The second-order valence-electron chi connectivity index (χ2n) is 6.28. The standard InChI is InChI=1S/C19H22N6/c1-2-4-15(5-3-1)12-25-13-16(11-24-25)10-21-19-17-6-8-20-9-7-18(17)22-14-23-19/h1-5,11,13-14,20H,6-10,12H2,(H,21,22,23). The van der Waals surface area contributed by atoms with E-state index in [0.717, 1.165) is 49.6 Å². The summed E-state index contributed by atoms with van der Waals surface area (Å²) in [7, 11) is 0. The molecular formula is C19H22N6. The summed E-state index contributed by atoms with van der Waals surface area (Å²) < 4.78 is 1.97. The lowest BCUT2D eigenvalue weighted by Crippen LogP contribution is -2.16. The average molecular weight is 334 g/mol. The van der Waals surface area contributed by atoms with Crippen molar-refractivity contribution in [2.75, 3.05) is 18.4 Å². The maximum absolute atomic E-state index is 4.46. The van der Waals surface area contributed by atoms with Crippen molar-refractivity contribution >= 4 is 5.82 Å². The van der Waals surface area contributed by atoms with Crippen LogP contribution < -0.4 is 10.6 Å². The Hall–Kier alpha value is -2.73. The van der Waals surface area contributed by atoms with Crippen LogP contribution in [0.2, 0.25) is 0 Å². The topological polar surface area (TPSA) is 67.7 Å². The summed E-state index contributed by atoms with van der Waals surface area (Å²) in [5.74, 6) is 0.949. The van der Waals surface area contributed by atoms with Crippen LogP contribution in [-0.2, 0) is 25.9 Å². The molecule has 6 heteroatoms. The van der Waals surface area contributed by atoms with Crippen molar-refractivity contribution in [2.24, 2.45) is 0 Å².